The molecule has 158 valence electrons. The predicted molar refractivity (Wildman–Crippen MR) is 118 cm³/mol. The Kier molecular flexibility index (Phi) is 4.82. The summed E-state index contributed by atoms with van der Waals surface area (Å²) in [5, 5.41) is 3.31. The van der Waals surface area contributed by atoms with E-state index in [1.54, 1.807) is 29.6 Å². The maximum Gasteiger partial charge on any atom is 0.335 e. The van der Waals surface area contributed by atoms with Gasteiger partial charge in [0.05, 0.1) is 32.6 Å². The first kappa shape index (κ1) is 19.2. The average molecular weight is 417 g/mol. The van der Waals surface area contributed by atoms with Gasteiger partial charge in [-0.3, -0.25) is 4.57 Å². The Morgan fingerprint density at radius 1 is 1.06 bits per heavy atom. The molecule has 0 saturated heterocycles. The second-order valence-electron chi connectivity index (χ2n) is 7.58. The van der Waals surface area contributed by atoms with E-state index >= 15 is 0 Å². The lowest BCUT2D eigenvalue weighted by molar-refractivity contribution is 0.414. The van der Waals surface area contributed by atoms with Crippen LogP contribution in [-0.4, -0.2) is 39.4 Å². The summed E-state index contributed by atoms with van der Waals surface area (Å²) >= 11 is 0. The minimum Gasteiger partial charge on any atom is -0.497 e. The first-order valence-corrected chi connectivity index (χ1v) is 10.2. The Hall–Kier alpha value is -3.81. The molecule has 2 aromatic carbocycles. The lowest BCUT2D eigenvalue weighted by Crippen LogP contribution is -2.23. The van der Waals surface area contributed by atoms with Crippen molar-refractivity contribution in [3.8, 4) is 17.2 Å². The van der Waals surface area contributed by atoms with Crippen LogP contribution in [0.1, 0.15) is 18.4 Å². The molecule has 1 aliphatic rings. The first-order chi connectivity index (χ1) is 15.2. The number of hydrogen-bond donors (Lipinski definition) is 1. The quantitative estimate of drug-likeness (QED) is 0.497. The van der Waals surface area contributed by atoms with Crippen molar-refractivity contribution in [1.82, 2.24) is 19.1 Å². The number of fused-ring (bicyclic) bond motifs is 1. The van der Waals surface area contributed by atoms with Gasteiger partial charge in [0.2, 0.25) is 5.95 Å². The lowest BCUT2D eigenvalue weighted by atomic mass is 10.2. The fraction of sp³-hybridized carbons (Fsp3) is 0.261. The number of hydrogen-bond acceptors (Lipinski definition) is 6. The van der Waals surface area contributed by atoms with E-state index in [2.05, 4.69) is 10.3 Å². The van der Waals surface area contributed by atoms with E-state index in [1.165, 1.54) is 0 Å². The van der Waals surface area contributed by atoms with Crippen LogP contribution in [0.2, 0.25) is 0 Å². The predicted octanol–water partition coefficient (Wildman–Crippen LogP) is 3.22. The Labute approximate surface area is 179 Å². The highest BCUT2D eigenvalue weighted by atomic mass is 16.5. The fourth-order valence-electron chi connectivity index (χ4n) is 3.60. The highest BCUT2D eigenvalue weighted by Crippen LogP contribution is 2.25. The van der Waals surface area contributed by atoms with Gasteiger partial charge in [0, 0.05) is 12.1 Å². The first-order valence-electron chi connectivity index (χ1n) is 10.2. The molecule has 2 aromatic heterocycles. The van der Waals surface area contributed by atoms with Gasteiger partial charge in [-0.25, -0.2) is 14.3 Å². The van der Waals surface area contributed by atoms with Gasteiger partial charge < -0.3 is 14.8 Å². The Morgan fingerprint density at radius 3 is 2.55 bits per heavy atom. The SMILES string of the molecule is COc1cccc(Cn2c(=O)n(-c3cccc(OC)c3)c3nc(NC4CC4)ncc32)c1. The Morgan fingerprint density at radius 2 is 1.81 bits per heavy atom. The Bertz CT molecular complexity index is 1310. The number of aromatic nitrogens is 4. The normalized spacial score (nSPS) is 13.4. The summed E-state index contributed by atoms with van der Waals surface area (Å²) in [6, 6.07) is 15.5. The third-order valence-corrected chi connectivity index (χ3v) is 5.37. The molecule has 0 radical (unpaired) electrons. The molecule has 0 aliphatic heterocycles. The van der Waals surface area contributed by atoms with Crippen molar-refractivity contribution < 1.29 is 9.47 Å². The third-order valence-electron chi connectivity index (χ3n) is 5.37. The lowest BCUT2D eigenvalue weighted by Gasteiger charge is -2.06. The van der Waals surface area contributed by atoms with Gasteiger partial charge in [-0.05, 0) is 42.7 Å². The van der Waals surface area contributed by atoms with E-state index in [9.17, 15) is 4.79 Å². The van der Waals surface area contributed by atoms with Crippen LogP contribution in [0.4, 0.5) is 5.95 Å². The maximum absolute atomic E-state index is 13.6. The number of ether oxygens (including phenoxy) is 2. The van der Waals surface area contributed by atoms with Crippen LogP contribution in [0, 0.1) is 0 Å². The van der Waals surface area contributed by atoms with Crippen LogP contribution >= 0.6 is 0 Å². The van der Waals surface area contributed by atoms with Crippen LogP contribution in [0.3, 0.4) is 0 Å². The molecule has 8 nitrogen and oxygen atoms in total. The van der Waals surface area contributed by atoms with Crippen molar-refractivity contribution in [2.24, 2.45) is 0 Å². The van der Waals surface area contributed by atoms with Gasteiger partial charge >= 0.3 is 5.69 Å². The second-order valence-corrected chi connectivity index (χ2v) is 7.58. The summed E-state index contributed by atoms with van der Waals surface area (Å²) in [5.41, 5.74) is 2.67. The molecule has 0 atom stereocenters. The number of methoxy groups -OCH3 is 2. The molecule has 1 fully saturated rings. The minimum absolute atomic E-state index is 0.191. The minimum atomic E-state index is -0.191. The zero-order valence-corrected chi connectivity index (χ0v) is 17.4. The highest BCUT2D eigenvalue weighted by molar-refractivity contribution is 5.74. The number of rotatable bonds is 7. The smallest absolute Gasteiger partial charge is 0.335 e. The summed E-state index contributed by atoms with van der Waals surface area (Å²) in [5.74, 6) is 1.95. The molecule has 1 aliphatic carbocycles. The maximum atomic E-state index is 13.6. The van der Waals surface area contributed by atoms with Gasteiger partial charge in [0.25, 0.3) is 0 Å². The molecular weight excluding hydrogens is 394 g/mol. The molecule has 31 heavy (non-hydrogen) atoms. The van der Waals surface area contributed by atoms with Crippen LogP contribution in [0.25, 0.3) is 16.9 Å². The van der Waals surface area contributed by atoms with E-state index in [0.29, 0.717) is 41.1 Å². The van der Waals surface area contributed by atoms with Gasteiger partial charge in [0.15, 0.2) is 5.65 Å². The molecule has 1 N–H and O–H groups in total. The van der Waals surface area contributed by atoms with E-state index in [1.807, 2.05) is 48.5 Å². The molecule has 5 rings (SSSR count). The number of imidazole rings is 1. The van der Waals surface area contributed by atoms with E-state index in [0.717, 1.165) is 24.2 Å². The summed E-state index contributed by atoms with van der Waals surface area (Å²) in [4.78, 5) is 22.7. The zero-order valence-electron chi connectivity index (χ0n) is 17.4. The van der Waals surface area contributed by atoms with Gasteiger partial charge in [-0.2, -0.15) is 4.98 Å². The van der Waals surface area contributed by atoms with Crippen molar-refractivity contribution in [3.63, 3.8) is 0 Å². The van der Waals surface area contributed by atoms with Crippen LogP contribution in [-0.2, 0) is 6.54 Å². The van der Waals surface area contributed by atoms with E-state index < -0.39 is 0 Å². The second kappa shape index (κ2) is 7.79. The summed E-state index contributed by atoms with van der Waals surface area (Å²) in [7, 11) is 3.23. The molecule has 0 unspecified atom stereocenters. The molecule has 2 heterocycles. The number of benzene rings is 2. The molecule has 0 amide bonds. The van der Waals surface area contributed by atoms with Gasteiger partial charge in [0.1, 0.15) is 17.0 Å². The zero-order chi connectivity index (χ0) is 21.4. The number of nitrogens with zero attached hydrogens (tertiary/aromatic N) is 4. The number of nitrogens with one attached hydrogen (secondary N) is 1. The fourth-order valence-corrected chi connectivity index (χ4v) is 3.60. The molecule has 0 spiro atoms. The standard InChI is InChI=1S/C23H23N5O3/c1-30-18-7-3-5-15(11-18)14-27-20-13-24-22(25-16-9-10-16)26-21(20)28(23(27)29)17-6-4-8-19(12-17)31-2/h3-8,11-13,16H,9-10,14H2,1-2H3,(H,24,25,26). The molecule has 1 saturated carbocycles. The van der Waals surface area contributed by atoms with Gasteiger partial charge in [-0.1, -0.05) is 18.2 Å². The molecule has 8 heteroatoms. The third kappa shape index (κ3) is 3.72. The van der Waals surface area contributed by atoms with E-state index in [4.69, 9.17) is 14.5 Å². The van der Waals surface area contributed by atoms with Gasteiger partial charge in [-0.15, -0.1) is 0 Å². The largest absolute Gasteiger partial charge is 0.497 e. The molecular formula is C23H23N5O3. The number of anilines is 1. The van der Waals surface area contributed by atoms with Crippen LogP contribution < -0.4 is 20.5 Å². The van der Waals surface area contributed by atoms with Crippen molar-refractivity contribution in [3.05, 3.63) is 70.8 Å². The highest BCUT2D eigenvalue weighted by Gasteiger charge is 2.23. The molecule has 0 bridgehead atoms. The summed E-state index contributed by atoms with van der Waals surface area (Å²) in [6.07, 6.45) is 3.94. The average Bonchev–Trinajstić information content (AvgIpc) is 3.58. The van der Waals surface area contributed by atoms with Crippen LogP contribution in [0.5, 0.6) is 11.5 Å². The summed E-state index contributed by atoms with van der Waals surface area (Å²) in [6.45, 7) is 0.377. The molecule has 4 aromatic rings. The van der Waals surface area contributed by atoms with Crippen molar-refractivity contribution in [2.75, 3.05) is 19.5 Å². The topological polar surface area (TPSA) is 83.2 Å². The monoisotopic (exact) mass is 417 g/mol. The Balaban J connectivity index is 1.67. The van der Waals surface area contributed by atoms with Crippen molar-refractivity contribution >= 4 is 17.1 Å². The summed E-state index contributed by atoms with van der Waals surface area (Å²) < 4.78 is 14.0. The van der Waals surface area contributed by atoms with Crippen LogP contribution in [0.15, 0.2) is 59.5 Å². The van der Waals surface area contributed by atoms with E-state index in [-0.39, 0.29) is 5.69 Å². The van der Waals surface area contributed by atoms with Crippen molar-refractivity contribution in [1.29, 1.82) is 0 Å². The van der Waals surface area contributed by atoms with Crippen molar-refractivity contribution in [2.45, 2.75) is 25.4 Å².